The van der Waals surface area contributed by atoms with E-state index in [0.717, 1.165) is 32.2 Å². The zero-order chi connectivity index (χ0) is 15.1. The molecule has 1 aliphatic heterocycles. The van der Waals surface area contributed by atoms with Crippen molar-refractivity contribution < 1.29 is 14.3 Å². The van der Waals surface area contributed by atoms with Crippen molar-refractivity contribution in [1.82, 2.24) is 5.32 Å². The van der Waals surface area contributed by atoms with Crippen LogP contribution in [0.1, 0.15) is 43.0 Å². The highest BCUT2D eigenvalue weighted by Crippen LogP contribution is 2.13. The van der Waals surface area contributed by atoms with Crippen LogP contribution in [0.25, 0.3) is 0 Å². The van der Waals surface area contributed by atoms with Crippen LogP contribution in [0.3, 0.4) is 0 Å². The van der Waals surface area contributed by atoms with Crippen molar-refractivity contribution in [2.75, 3.05) is 18.5 Å². The molecule has 1 aromatic carbocycles. The van der Waals surface area contributed by atoms with E-state index in [1.807, 2.05) is 6.92 Å². The van der Waals surface area contributed by atoms with Crippen LogP contribution in [0.15, 0.2) is 24.3 Å². The molecule has 1 saturated heterocycles. The van der Waals surface area contributed by atoms with Gasteiger partial charge in [-0.2, -0.15) is 0 Å². The van der Waals surface area contributed by atoms with Crippen LogP contribution >= 0.6 is 0 Å². The first kappa shape index (κ1) is 15.5. The monoisotopic (exact) mass is 290 g/mol. The largest absolute Gasteiger partial charge is 0.462 e. The fraction of sp³-hybridized carbons (Fsp3) is 0.500. The van der Waals surface area contributed by atoms with Gasteiger partial charge in [0.25, 0.3) is 0 Å². The number of benzene rings is 1. The number of hydrogen-bond acceptors (Lipinski definition) is 4. The Morgan fingerprint density at radius 2 is 2.10 bits per heavy atom. The first-order chi connectivity index (χ1) is 10.2. The number of nitrogens with one attached hydrogen (secondary N) is 2. The smallest absolute Gasteiger partial charge is 0.338 e. The minimum Gasteiger partial charge on any atom is -0.462 e. The van der Waals surface area contributed by atoms with Crippen molar-refractivity contribution in [3.05, 3.63) is 29.8 Å². The molecule has 0 unspecified atom stereocenters. The fourth-order valence-corrected chi connectivity index (χ4v) is 2.22. The first-order valence-electron chi connectivity index (χ1n) is 7.52. The Hall–Kier alpha value is -1.88. The molecule has 0 spiro atoms. The van der Waals surface area contributed by atoms with E-state index in [9.17, 15) is 9.59 Å². The summed E-state index contributed by atoms with van der Waals surface area (Å²) in [5.41, 5.74) is 1.20. The second-order valence-electron chi connectivity index (χ2n) is 5.21. The maximum absolute atomic E-state index is 11.9. The van der Waals surface area contributed by atoms with Crippen molar-refractivity contribution in [2.24, 2.45) is 0 Å². The average Bonchev–Trinajstić information content (AvgIpc) is 3.02. The summed E-state index contributed by atoms with van der Waals surface area (Å²) in [6.45, 7) is 3.38. The number of amides is 1. The van der Waals surface area contributed by atoms with Gasteiger partial charge in [-0.3, -0.25) is 4.79 Å². The maximum atomic E-state index is 11.9. The second kappa shape index (κ2) is 7.78. The molecule has 1 heterocycles. The second-order valence-corrected chi connectivity index (χ2v) is 5.21. The Bertz CT molecular complexity index is 479. The molecule has 2 N–H and O–H groups in total. The summed E-state index contributed by atoms with van der Waals surface area (Å²) in [6.07, 6.45) is 3.76. The highest BCUT2D eigenvalue weighted by atomic mass is 16.5. The number of ether oxygens (including phenoxy) is 1. The number of anilines is 1. The molecular weight excluding hydrogens is 268 g/mol. The summed E-state index contributed by atoms with van der Waals surface area (Å²) in [7, 11) is 0. The highest BCUT2D eigenvalue weighted by molar-refractivity contribution is 5.96. The van der Waals surface area contributed by atoms with Gasteiger partial charge in [-0.15, -0.1) is 0 Å². The molecule has 114 valence electrons. The van der Waals surface area contributed by atoms with E-state index < -0.39 is 0 Å². The van der Waals surface area contributed by atoms with Gasteiger partial charge in [0.15, 0.2) is 0 Å². The Morgan fingerprint density at radius 3 is 2.71 bits per heavy atom. The van der Waals surface area contributed by atoms with Crippen molar-refractivity contribution in [2.45, 2.75) is 38.6 Å². The van der Waals surface area contributed by atoms with Crippen LogP contribution in [0, 0.1) is 0 Å². The predicted octanol–water partition coefficient (Wildman–Crippen LogP) is 2.33. The third-order valence-electron chi connectivity index (χ3n) is 3.50. The highest BCUT2D eigenvalue weighted by Gasteiger charge is 2.21. The molecule has 5 heteroatoms. The minimum absolute atomic E-state index is 0.0224. The molecule has 0 saturated carbocycles. The third-order valence-corrected chi connectivity index (χ3v) is 3.50. The molecule has 0 aromatic heterocycles. The standard InChI is InChI=1S/C16H22N2O3/c1-2-3-11-21-16(20)12-6-8-13(9-7-12)18-15(19)14-5-4-10-17-14/h6-9,14,17H,2-5,10-11H2,1H3,(H,18,19)/t14-/m0/s1. The predicted molar refractivity (Wildman–Crippen MR) is 81.3 cm³/mol. The van der Waals surface area contributed by atoms with Gasteiger partial charge in [-0.1, -0.05) is 13.3 Å². The molecule has 21 heavy (non-hydrogen) atoms. The maximum Gasteiger partial charge on any atom is 0.338 e. The number of hydrogen-bond donors (Lipinski definition) is 2. The summed E-state index contributed by atoms with van der Waals surface area (Å²) in [4.78, 5) is 23.7. The van der Waals surface area contributed by atoms with E-state index in [1.165, 1.54) is 0 Å². The van der Waals surface area contributed by atoms with Crippen LogP contribution in [0.2, 0.25) is 0 Å². The van der Waals surface area contributed by atoms with Gasteiger partial charge in [0.2, 0.25) is 5.91 Å². The van der Waals surface area contributed by atoms with Crippen LogP contribution in [0.4, 0.5) is 5.69 Å². The summed E-state index contributed by atoms with van der Waals surface area (Å²) in [5, 5.41) is 6.00. The van der Waals surface area contributed by atoms with E-state index >= 15 is 0 Å². The van der Waals surface area contributed by atoms with E-state index in [-0.39, 0.29) is 17.9 Å². The van der Waals surface area contributed by atoms with Crippen molar-refractivity contribution in [3.63, 3.8) is 0 Å². The van der Waals surface area contributed by atoms with E-state index in [4.69, 9.17) is 4.74 Å². The van der Waals surface area contributed by atoms with Gasteiger partial charge >= 0.3 is 5.97 Å². The summed E-state index contributed by atoms with van der Waals surface area (Å²) >= 11 is 0. The molecule has 5 nitrogen and oxygen atoms in total. The zero-order valence-electron chi connectivity index (χ0n) is 12.4. The molecule has 1 atom stereocenters. The lowest BCUT2D eigenvalue weighted by Crippen LogP contribution is -2.35. The SMILES string of the molecule is CCCCOC(=O)c1ccc(NC(=O)[C@@H]2CCCN2)cc1. The Labute approximate surface area is 125 Å². The molecule has 0 aliphatic carbocycles. The zero-order valence-corrected chi connectivity index (χ0v) is 12.4. The lowest BCUT2D eigenvalue weighted by molar-refractivity contribution is -0.117. The Kier molecular flexibility index (Phi) is 5.75. The molecule has 0 radical (unpaired) electrons. The number of unbranched alkanes of at least 4 members (excludes halogenated alkanes) is 1. The van der Waals surface area contributed by atoms with Crippen LogP contribution in [-0.2, 0) is 9.53 Å². The van der Waals surface area contributed by atoms with Gasteiger partial charge in [0, 0.05) is 5.69 Å². The van der Waals surface area contributed by atoms with Crippen molar-refractivity contribution >= 4 is 17.6 Å². The van der Waals surface area contributed by atoms with E-state index in [2.05, 4.69) is 10.6 Å². The molecule has 0 bridgehead atoms. The van der Waals surface area contributed by atoms with Crippen LogP contribution in [-0.4, -0.2) is 31.1 Å². The number of carbonyl (C=O) groups excluding carboxylic acids is 2. The fourth-order valence-electron chi connectivity index (χ4n) is 2.22. The molecule has 1 aliphatic rings. The van der Waals surface area contributed by atoms with Gasteiger partial charge in [-0.25, -0.2) is 4.79 Å². The lowest BCUT2D eigenvalue weighted by atomic mass is 10.2. The molecule has 1 amide bonds. The third kappa shape index (κ3) is 4.56. The average molecular weight is 290 g/mol. The van der Waals surface area contributed by atoms with Gasteiger partial charge < -0.3 is 15.4 Å². The normalized spacial score (nSPS) is 17.5. The van der Waals surface area contributed by atoms with Gasteiger partial charge in [0.1, 0.15) is 0 Å². The van der Waals surface area contributed by atoms with Crippen molar-refractivity contribution in [3.8, 4) is 0 Å². The Balaban J connectivity index is 1.86. The molecular formula is C16H22N2O3. The van der Waals surface area contributed by atoms with Crippen LogP contribution < -0.4 is 10.6 Å². The topological polar surface area (TPSA) is 67.4 Å². The van der Waals surface area contributed by atoms with Gasteiger partial charge in [0.05, 0.1) is 18.2 Å². The summed E-state index contributed by atoms with van der Waals surface area (Å²) in [5.74, 6) is -0.343. The minimum atomic E-state index is -0.321. The molecule has 1 aromatic rings. The number of esters is 1. The summed E-state index contributed by atoms with van der Waals surface area (Å²) < 4.78 is 5.13. The number of carbonyl (C=O) groups is 2. The lowest BCUT2D eigenvalue weighted by Gasteiger charge is -2.11. The van der Waals surface area contributed by atoms with Gasteiger partial charge in [-0.05, 0) is 50.1 Å². The van der Waals surface area contributed by atoms with Crippen molar-refractivity contribution in [1.29, 1.82) is 0 Å². The number of rotatable bonds is 6. The quantitative estimate of drug-likeness (QED) is 0.623. The summed E-state index contributed by atoms with van der Waals surface area (Å²) in [6, 6.07) is 6.69. The Morgan fingerprint density at radius 1 is 1.33 bits per heavy atom. The van der Waals surface area contributed by atoms with E-state index in [1.54, 1.807) is 24.3 Å². The molecule has 2 rings (SSSR count). The van der Waals surface area contributed by atoms with E-state index in [0.29, 0.717) is 17.9 Å². The molecule has 1 fully saturated rings. The first-order valence-corrected chi connectivity index (χ1v) is 7.52. The van der Waals surface area contributed by atoms with Crippen LogP contribution in [0.5, 0.6) is 0 Å².